The van der Waals surface area contributed by atoms with E-state index in [2.05, 4.69) is 10.6 Å². The van der Waals surface area contributed by atoms with E-state index < -0.39 is 11.6 Å². The summed E-state index contributed by atoms with van der Waals surface area (Å²) in [6.45, 7) is 5.79. The van der Waals surface area contributed by atoms with Gasteiger partial charge in [0.1, 0.15) is 0 Å². The van der Waals surface area contributed by atoms with Crippen LogP contribution in [0.4, 0.5) is 14.5 Å². The summed E-state index contributed by atoms with van der Waals surface area (Å²) in [7, 11) is 0. The van der Waals surface area contributed by atoms with Gasteiger partial charge in [-0.25, -0.2) is 8.78 Å². The summed E-state index contributed by atoms with van der Waals surface area (Å²) < 4.78 is 26.2. The predicted molar refractivity (Wildman–Crippen MR) is 87.3 cm³/mol. The van der Waals surface area contributed by atoms with Gasteiger partial charge in [0.2, 0.25) is 5.91 Å². The van der Waals surface area contributed by atoms with Gasteiger partial charge in [-0.05, 0) is 55.7 Å². The minimum Gasteiger partial charge on any atom is -0.325 e. The van der Waals surface area contributed by atoms with Gasteiger partial charge in [-0.2, -0.15) is 0 Å². The molecule has 5 heteroatoms. The smallest absolute Gasteiger partial charge is 0.238 e. The van der Waals surface area contributed by atoms with E-state index in [0.717, 1.165) is 28.9 Å². The van der Waals surface area contributed by atoms with Crippen molar-refractivity contribution < 1.29 is 13.6 Å². The van der Waals surface area contributed by atoms with Gasteiger partial charge in [-0.15, -0.1) is 0 Å². The fraction of sp³-hybridized carbons (Fsp3) is 0.278. The number of carbonyl (C=O) groups is 1. The van der Waals surface area contributed by atoms with Crippen molar-refractivity contribution in [1.82, 2.24) is 5.32 Å². The Bertz CT molecular complexity index is 716. The second-order valence-electron chi connectivity index (χ2n) is 5.57. The van der Waals surface area contributed by atoms with Gasteiger partial charge < -0.3 is 10.6 Å². The van der Waals surface area contributed by atoms with E-state index >= 15 is 0 Å². The zero-order valence-electron chi connectivity index (χ0n) is 13.4. The third-order valence-corrected chi connectivity index (χ3v) is 3.89. The lowest BCUT2D eigenvalue weighted by Crippen LogP contribution is -2.30. The van der Waals surface area contributed by atoms with Gasteiger partial charge in [-0.3, -0.25) is 4.79 Å². The molecule has 0 aliphatic rings. The largest absolute Gasteiger partial charge is 0.325 e. The third-order valence-electron chi connectivity index (χ3n) is 3.89. The molecule has 1 atom stereocenters. The van der Waals surface area contributed by atoms with Crippen LogP contribution in [0.2, 0.25) is 0 Å². The van der Waals surface area contributed by atoms with E-state index in [1.54, 1.807) is 6.92 Å². The van der Waals surface area contributed by atoms with E-state index in [1.165, 1.54) is 6.07 Å². The van der Waals surface area contributed by atoms with Gasteiger partial charge in [0.15, 0.2) is 11.6 Å². The molecule has 0 bridgehead atoms. The average Bonchev–Trinajstić information content (AvgIpc) is 2.52. The fourth-order valence-electron chi connectivity index (χ4n) is 2.23. The number of carbonyl (C=O) groups excluding carboxylic acids is 1. The molecule has 2 aromatic rings. The van der Waals surface area contributed by atoms with Crippen LogP contribution in [0.5, 0.6) is 0 Å². The third kappa shape index (κ3) is 4.36. The number of benzene rings is 2. The van der Waals surface area contributed by atoms with E-state index in [0.29, 0.717) is 5.56 Å². The van der Waals surface area contributed by atoms with Crippen LogP contribution in [0, 0.1) is 25.5 Å². The summed E-state index contributed by atoms with van der Waals surface area (Å²) in [5.41, 5.74) is 3.49. The highest BCUT2D eigenvalue weighted by Gasteiger charge is 2.11. The topological polar surface area (TPSA) is 41.1 Å². The number of hydrogen-bond acceptors (Lipinski definition) is 2. The zero-order valence-corrected chi connectivity index (χ0v) is 13.4. The molecule has 0 saturated carbocycles. The van der Waals surface area contributed by atoms with Gasteiger partial charge in [-0.1, -0.05) is 18.2 Å². The molecule has 2 aromatic carbocycles. The Morgan fingerprint density at radius 3 is 2.57 bits per heavy atom. The van der Waals surface area contributed by atoms with Crippen LogP contribution in [-0.4, -0.2) is 12.5 Å². The van der Waals surface area contributed by atoms with Crippen molar-refractivity contribution in [2.75, 3.05) is 11.9 Å². The number of aryl methyl sites for hydroxylation is 1. The minimum absolute atomic E-state index is 0.0769. The Hall–Kier alpha value is -2.27. The maximum atomic E-state index is 13.2. The molecule has 0 saturated heterocycles. The van der Waals surface area contributed by atoms with Crippen LogP contribution in [0.25, 0.3) is 0 Å². The van der Waals surface area contributed by atoms with Crippen LogP contribution in [0.3, 0.4) is 0 Å². The number of nitrogens with one attached hydrogen (secondary N) is 2. The highest BCUT2D eigenvalue weighted by Crippen LogP contribution is 2.18. The molecule has 1 amide bonds. The highest BCUT2D eigenvalue weighted by molar-refractivity contribution is 5.93. The number of hydrogen-bond donors (Lipinski definition) is 2. The minimum atomic E-state index is -0.893. The van der Waals surface area contributed by atoms with Crippen molar-refractivity contribution in [1.29, 1.82) is 0 Å². The molecule has 0 fully saturated rings. The van der Waals surface area contributed by atoms with Crippen molar-refractivity contribution >= 4 is 11.6 Å². The normalized spacial score (nSPS) is 12.0. The van der Waals surface area contributed by atoms with Crippen molar-refractivity contribution in [2.45, 2.75) is 26.8 Å². The van der Waals surface area contributed by atoms with Crippen molar-refractivity contribution in [3.63, 3.8) is 0 Å². The first-order valence-corrected chi connectivity index (χ1v) is 7.43. The molecule has 0 aromatic heterocycles. The standard InChI is InChI=1S/C18H20F2N2O/c1-11-5-4-6-17(12(11)2)22-18(23)10-21-13(3)14-7-8-15(19)16(20)9-14/h4-9,13,21H,10H2,1-3H3,(H,22,23)/t13-/m1/s1. The van der Waals surface area contributed by atoms with E-state index in [4.69, 9.17) is 0 Å². The summed E-state index contributed by atoms with van der Waals surface area (Å²) >= 11 is 0. The Labute approximate surface area is 134 Å². The molecule has 0 aliphatic carbocycles. The quantitative estimate of drug-likeness (QED) is 0.878. The number of halogens is 2. The summed E-state index contributed by atoms with van der Waals surface area (Å²) in [4.78, 5) is 12.0. The van der Waals surface area contributed by atoms with Crippen LogP contribution in [0.15, 0.2) is 36.4 Å². The molecule has 23 heavy (non-hydrogen) atoms. The first-order valence-electron chi connectivity index (χ1n) is 7.43. The summed E-state index contributed by atoms with van der Waals surface area (Å²) in [5.74, 6) is -1.96. The lowest BCUT2D eigenvalue weighted by molar-refractivity contribution is -0.115. The zero-order chi connectivity index (χ0) is 17.0. The lowest BCUT2D eigenvalue weighted by atomic mass is 10.1. The molecule has 0 aliphatic heterocycles. The van der Waals surface area contributed by atoms with Crippen molar-refractivity contribution in [3.05, 3.63) is 64.7 Å². The van der Waals surface area contributed by atoms with Gasteiger partial charge >= 0.3 is 0 Å². The van der Waals surface area contributed by atoms with E-state index in [-0.39, 0.29) is 18.5 Å². The Morgan fingerprint density at radius 1 is 1.13 bits per heavy atom. The first kappa shape index (κ1) is 17.1. The highest BCUT2D eigenvalue weighted by atomic mass is 19.2. The Kier molecular flexibility index (Phi) is 5.45. The Morgan fingerprint density at radius 2 is 1.87 bits per heavy atom. The van der Waals surface area contributed by atoms with E-state index in [9.17, 15) is 13.6 Å². The summed E-state index contributed by atoms with van der Waals surface area (Å²) in [6, 6.07) is 9.16. The molecule has 2 rings (SSSR count). The molecule has 2 N–H and O–H groups in total. The monoisotopic (exact) mass is 318 g/mol. The summed E-state index contributed by atoms with van der Waals surface area (Å²) in [6.07, 6.45) is 0. The van der Waals surface area contributed by atoms with E-state index in [1.807, 2.05) is 32.0 Å². The average molecular weight is 318 g/mol. The fourth-order valence-corrected chi connectivity index (χ4v) is 2.23. The van der Waals surface area contributed by atoms with Crippen molar-refractivity contribution in [2.24, 2.45) is 0 Å². The molecular formula is C18H20F2N2O. The van der Waals surface area contributed by atoms with Crippen LogP contribution in [0.1, 0.15) is 29.7 Å². The lowest BCUT2D eigenvalue weighted by Gasteiger charge is -2.15. The molecule has 122 valence electrons. The molecule has 0 heterocycles. The molecule has 0 spiro atoms. The van der Waals surface area contributed by atoms with Crippen molar-refractivity contribution in [3.8, 4) is 0 Å². The number of anilines is 1. The first-order chi connectivity index (χ1) is 10.9. The van der Waals surface area contributed by atoms with Crippen LogP contribution < -0.4 is 10.6 Å². The molecule has 0 radical (unpaired) electrons. The second-order valence-corrected chi connectivity index (χ2v) is 5.57. The molecular weight excluding hydrogens is 298 g/mol. The predicted octanol–water partition coefficient (Wildman–Crippen LogP) is 3.87. The van der Waals surface area contributed by atoms with Gasteiger partial charge in [0.25, 0.3) is 0 Å². The second kappa shape index (κ2) is 7.33. The van der Waals surface area contributed by atoms with Gasteiger partial charge in [0, 0.05) is 11.7 Å². The van der Waals surface area contributed by atoms with Crippen LogP contribution >= 0.6 is 0 Å². The van der Waals surface area contributed by atoms with Crippen LogP contribution in [-0.2, 0) is 4.79 Å². The summed E-state index contributed by atoms with van der Waals surface area (Å²) in [5, 5.41) is 5.84. The molecule has 0 unspecified atom stereocenters. The number of amides is 1. The number of rotatable bonds is 5. The Balaban J connectivity index is 1.93. The molecule has 3 nitrogen and oxygen atoms in total. The SMILES string of the molecule is Cc1cccc(NC(=O)CN[C@H](C)c2ccc(F)c(F)c2)c1C. The maximum absolute atomic E-state index is 13.2. The maximum Gasteiger partial charge on any atom is 0.238 e. The van der Waals surface area contributed by atoms with Gasteiger partial charge in [0.05, 0.1) is 6.54 Å².